The second-order valence-corrected chi connectivity index (χ2v) is 5.19. The highest BCUT2D eigenvalue weighted by Crippen LogP contribution is 2.17. The zero-order valence-electron chi connectivity index (χ0n) is 11.9. The van der Waals surface area contributed by atoms with Gasteiger partial charge < -0.3 is 15.0 Å². The van der Waals surface area contributed by atoms with Gasteiger partial charge in [-0.2, -0.15) is 0 Å². The number of pyridine rings is 1. The third kappa shape index (κ3) is 3.92. The molecule has 1 aromatic carbocycles. The van der Waals surface area contributed by atoms with Crippen molar-refractivity contribution in [1.29, 1.82) is 0 Å². The van der Waals surface area contributed by atoms with Crippen LogP contribution in [0.15, 0.2) is 47.4 Å². The van der Waals surface area contributed by atoms with Crippen LogP contribution in [0, 0.1) is 6.92 Å². The molecule has 0 unspecified atom stereocenters. The van der Waals surface area contributed by atoms with Gasteiger partial charge in [0.1, 0.15) is 10.7 Å². The maximum atomic E-state index is 11.9. The van der Waals surface area contributed by atoms with Crippen LogP contribution in [0.5, 0.6) is 5.75 Å². The van der Waals surface area contributed by atoms with Crippen LogP contribution in [0.2, 0.25) is 0 Å². The molecule has 0 fully saturated rings. The van der Waals surface area contributed by atoms with Crippen LogP contribution >= 0.6 is 12.2 Å². The lowest BCUT2D eigenvalue weighted by atomic mass is 10.2. The number of aryl methyl sites for hydroxylation is 2. The van der Waals surface area contributed by atoms with Crippen molar-refractivity contribution in [2.24, 2.45) is 5.73 Å². The number of nitrogens with zero attached hydrogens (tertiary/aromatic N) is 1. The number of thiocarbonyl (C=S) groups is 1. The quantitative estimate of drug-likeness (QED) is 0.657. The largest absolute Gasteiger partial charge is 0.493 e. The van der Waals surface area contributed by atoms with Crippen LogP contribution in [0.25, 0.3) is 0 Å². The van der Waals surface area contributed by atoms with E-state index in [4.69, 9.17) is 22.7 Å². The van der Waals surface area contributed by atoms with Gasteiger partial charge in [-0.25, -0.2) is 0 Å². The Hall–Kier alpha value is -2.14. The molecule has 0 spiro atoms. The van der Waals surface area contributed by atoms with Crippen LogP contribution in [-0.4, -0.2) is 16.2 Å². The summed E-state index contributed by atoms with van der Waals surface area (Å²) >= 11 is 4.99. The summed E-state index contributed by atoms with van der Waals surface area (Å²) in [4.78, 5) is 12.2. The van der Waals surface area contributed by atoms with Crippen molar-refractivity contribution >= 4 is 17.2 Å². The van der Waals surface area contributed by atoms with Crippen molar-refractivity contribution in [3.05, 3.63) is 64.1 Å². The first-order chi connectivity index (χ1) is 10.1. The highest BCUT2D eigenvalue weighted by molar-refractivity contribution is 7.80. The van der Waals surface area contributed by atoms with Crippen LogP contribution < -0.4 is 16.0 Å². The van der Waals surface area contributed by atoms with Crippen LogP contribution in [0.4, 0.5) is 0 Å². The van der Waals surface area contributed by atoms with E-state index in [1.807, 2.05) is 43.3 Å². The summed E-state index contributed by atoms with van der Waals surface area (Å²) in [6, 6.07) is 11.1. The Kier molecular flexibility index (Phi) is 5.11. The van der Waals surface area contributed by atoms with Crippen molar-refractivity contribution in [2.75, 3.05) is 6.61 Å². The summed E-state index contributed by atoms with van der Waals surface area (Å²) in [7, 11) is 0. The fourth-order valence-electron chi connectivity index (χ4n) is 2.05. The molecule has 0 saturated heterocycles. The number of rotatable bonds is 6. The van der Waals surface area contributed by atoms with Gasteiger partial charge in [-0.3, -0.25) is 4.79 Å². The summed E-state index contributed by atoms with van der Waals surface area (Å²) in [5, 5.41) is 0. The summed E-state index contributed by atoms with van der Waals surface area (Å²) in [6.07, 6.45) is 2.52. The number of aromatic nitrogens is 1. The van der Waals surface area contributed by atoms with E-state index in [0.29, 0.717) is 23.9 Å². The number of benzene rings is 1. The lowest BCUT2D eigenvalue weighted by molar-refractivity contribution is 0.300. The van der Waals surface area contributed by atoms with Gasteiger partial charge in [0.25, 0.3) is 5.56 Å². The van der Waals surface area contributed by atoms with Crippen LogP contribution in [0.1, 0.15) is 17.5 Å². The van der Waals surface area contributed by atoms with Gasteiger partial charge in [-0.15, -0.1) is 0 Å². The minimum atomic E-state index is 0.0426. The Balaban J connectivity index is 1.92. The number of nitrogens with two attached hydrogens (primary N) is 1. The molecule has 0 bridgehead atoms. The molecule has 0 aliphatic carbocycles. The summed E-state index contributed by atoms with van der Waals surface area (Å²) in [6.45, 7) is 2.93. The molecule has 5 heteroatoms. The molecule has 0 aliphatic heterocycles. The summed E-state index contributed by atoms with van der Waals surface area (Å²) < 4.78 is 7.40. The zero-order chi connectivity index (χ0) is 15.2. The molecule has 2 N–H and O–H groups in total. The molecular formula is C16H18N2O2S. The summed E-state index contributed by atoms with van der Waals surface area (Å²) in [5.74, 6) is 0.682. The third-order valence-electron chi connectivity index (χ3n) is 3.16. The number of hydrogen-bond acceptors (Lipinski definition) is 3. The monoisotopic (exact) mass is 302 g/mol. The SMILES string of the molecule is Cc1cccn(CCCOc2ccccc2C(N)=S)c1=O. The first kappa shape index (κ1) is 15.3. The van der Waals surface area contributed by atoms with Crippen molar-refractivity contribution < 1.29 is 4.74 Å². The Morgan fingerprint density at radius 2 is 2.05 bits per heavy atom. The average Bonchev–Trinajstić information content (AvgIpc) is 2.48. The molecule has 2 rings (SSSR count). The van der Waals surface area contributed by atoms with Gasteiger partial charge >= 0.3 is 0 Å². The lowest BCUT2D eigenvalue weighted by Gasteiger charge is -2.11. The first-order valence-corrected chi connectivity index (χ1v) is 7.18. The van der Waals surface area contributed by atoms with Crippen molar-refractivity contribution in [3.8, 4) is 5.75 Å². The van der Waals surface area contributed by atoms with E-state index in [1.54, 1.807) is 10.8 Å². The number of para-hydroxylation sites is 1. The fraction of sp³-hybridized carbons (Fsp3) is 0.250. The smallest absolute Gasteiger partial charge is 0.253 e. The highest BCUT2D eigenvalue weighted by atomic mass is 32.1. The number of ether oxygens (including phenoxy) is 1. The lowest BCUT2D eigenvalue weighted by Crippen LogP contribution is -2.22. The number of hydrogen-bond donors (Lipinski definition) is 1. The topological polar surface area (TPSA) is 57.2 Å². The Bertz CT molecular complexity index is 695. The van der Waals surface area contributed by atoms with E-state index in [1.165, 1.54) is 0 Å². The van der Waals surface area contributed by atoms with E-state index in [2.05, 4.69) is 0 Å². The second-order valence-electron chi connectivity index (χ2n) is 4.75. The van der Waals surface area contributed by atoms with E-state index < -0.39 is 0 Å². The predicted octanol–water partition coefficient (Wildman–Crippen LogP) is 2.26. The van der Waals surface area contributed by atoms with Crippen LogP contribution in [0.3, 0.4) is 0 Å². The van der Waals surface area contributed by atoms with E-state index in [-0.39, 0.29) is 5.56 Å². The standard InChI is InChI=1S/C16H18N2O2S/c1-12-6-4-9-18(16(12)19)10-5-11-20-14-8-3-2-7-13(14)15(17)21/h2-4,6-9H,5,10-11H2,1H3,(H2,17,21). The minimum absolute atomic E-state index is 0.0426. The normalized spacial score (nSPS) is 10.3. The Morgan fingerprint density at radius 3 is 2.81 bits per heavy atom. The average molecular weight is 302 g/mol. The molecule has 1 aromatic heterocycles. The molecule has 110 valence electrons. The highest BCUT2D eigenvalue weighted by Gasteiger charge is 2.05. The third-order valence-corrected chi connectivity index (χ3v) is 3.38. The van der Waals surface area contributed by atoms with Gasteiger partial charge in [0.2, 0.25) is 0 Å². The molecule has 0 aliphatic rings. The van der Waals surface area contributed by atoms with Crippen molar-refractivity contribution in [2.45, 2.75) is 19.9 Å². The maximum Gasteiger partial charge on any atom is 0.253 e. The molecular weight excluding hydrogens is 284 g/mol. The molecule has 0 atom stereocenters. The Labute approximate surface area is 129 Å². The van der Waals surface area contributed by atoms with Crippen molar-refractivity contribution in [3.63, 3.8) is 0 Å². The van der Waals surface area contributed by atoms with E-state index in [9.17, 15) is 4.79 Å². The summed E-state index contributed by atoms with van der Waals surface area (Å²) in [5.41, 5.74) is 7.18. The molecule has 1 heterocycles. The second kappa shape index (κ2) is 7.04. The molecule has 0 amide bonds. The van der Waals surface area contributed by atoms with Gasteiger partial charge in [-0.05, 0) is 31.5 Å². The molecule has 2 aromatic rings. The Morgan fingerprint density at radius 1 is 1.29 bits per heavy atom. The van der Waals surface area contributed by atoms with E-state index >= 15 is 0 Å². The van der Waals surface area contributed by atoms with Gasteiger partial charge in [-0.1, -0.05) is 30.4 Å². The van der Waals surface area contributed by atoms with Gasteiger partial charge in [0, 0.05) is 18.3 Å². The zero-order valence-corrected chi connectivity index (χ0v) is 12.7. The van der Waals surface area contributed by atoms with Crippen LogP contribution in [-0.2, 0) is 6.54 Å². The van der Waals surface area contributed by atoms with Gasteiger partial charge in [0.15, 0.2) is 0 Å². The first-order valence-electron chi connectivity index (χ1n) is 6.77. The molecule has 4 nitrogen and oxygen atoms in total. The molecule has 21 heavy (non-hydrogen) atoms. The van der Waals surface area contributed by atoms with Crippen molar-refractivity contribution in [1.82, 2.24) is 4.57 Å². The predicted molar refractivity (Wildman–Crippen MR) is 87.9 cm³/mol. The maximum absolute atomic E-state index is 11.9. The molecule has 0 saturated carbocycles. The van der Waals surface area contributed by atoms with E-state index in [0.717, 1.165) is 17.5 Å². The van der Waals surface area contributed by atoms with Gasteiger partial charge in [0.05, 0.1) is 12.2 Å². The fourth-order valence-corrected chi connectivity index (χ4v) is 2.21. The minimum Gasteiger partial charge on any atom is -0.493 e. The molecule has 0 radical (unpaired) electrons.